The highest BCUT2D eigenvalue weighted by Crippen LogP contribution is 2.19. The summed E-state index contributed by atoms with van der Waals surface area (Å²) < 4.78 is 2.77. The summed E-state index contributed by atoms with van der Waals surface area (Å²) in [6.07, 6.45) is 1.72. The zero-order valence-corrected chi connectivity index (χ0v) is 18.4. The number of anilines is 1. The number of aromatic nitrogens is 3. The molecule has 0 saturated carbocycles. The normalized spacial score (nSPS) is 10.4. The molecule has 30 heavy (non-hydrogen) atoms. The predicted molar refractivity (Wildman–Crippen MR) is 121 cm³/mol. The van der Waals surface area contributed by atoms with Gasteiger partial charge in [-0.25, -0.2) is 0 Å². The van der Waals surface area contributed by atoms with E-state index >= 15 is 0 Å². The van der Waals surface area contributed by atoms with Crippen molar-refractivity contribution >= 4 is 45.2 Å². The van der Waals surface area contributed by atoms with Gasteiger partial charge in [0.1, 0.15) is 0 Å². The molecule has 1 heterocycles. The lowest BCUT2D eigenvalue weighted by molar-refractivity contribution is -0.113. The average molecular weight is 486 g/mol. The van der Waals surface area contributed by atoms with Crippen molar-refractivity contribution in [3.05, 3.63) is 83.1 Å². The van der Waals surface area contributed by atoms with Gasteiger partial charge in [0, 0.05) is 22.3 Å². The summed E-state index contributed by atoms with van der Waals surface area (Å²) in [6, 6.07) is 16.3. The van der Waals surface area contributed by atoms with Gasteiger partial charge in [-0.3, -0.25) is 9.59 Å². The first-order chi connectivity index (χ1) is 14.6. The molecule has 0 spiro atoms. The SMILES string of the molecule is C=CCn1c(CNC(=O)c2ccccc2)nnc1SCC(=O)Nc1ccc(Br)cc1. The van der Waals surface area contributed by atoms with Gasteiger partial charge in [-0.15, -0.1) is 16.8 Å². The number of amides is 2. The third-order valence-corrected chi connectivity index (χ3v) is 5.50. The summed E-state index contributed by atoms with van der Waals surface area (Å²) in [5, 5.41) is 14.6. The summed E-state index contributed by atoms with van der Waals surface area (Å²) in [5.41, 5.74) is 1.30. The second-order valence-corrected chi connectivity index (χ2v) is 8.05. The standard InChI is InChI=1S/C21H20BrN5O2S/c1-2-12-27-18(13-23-20(29)15-6-4-3-5-7-15)25-26-21(27)30-14-19(28)24-17-10-8-16(22)9-11-17/h2-11H,1,12-14H2,(H,23,29)(H,24,28). The molecule has 0 aliphatic rings. The van der Waals surface area contributed by atoms with Crippen LogP contribution in [0.25, 0.3) is 0 Å². The molecule has 2 N–H and O–H groups in total. The Kier molecular flexibility index (Phi) is 7.81. The fraction of sp³-hybridized carbons (Fsp3) is 0.143. The maximum atomic E-state index is 12.3. The van der Waals surface area contributed by atoms with E-state index in [1.165, 1.54) is 11.8 Å². The molecule has 0 atom stereocenters. The number of hydrogen-bond acceptors (Lipinski definition) is 5. The maximum Gasteiger partial charge on any atom is 0.251 e. The molecule has 2 aromatic carbocycles. The Morgan fingerprint density at radius 1 is 1.10 bits per heavy atom. The van der Waals surface area contributed by atoms with Crippen LogP contribution in [0.3, 0.4) is 0 Å². The third kappa shape index (κ3) is 6.04. The molecular weight excluding hydrogens is 466 g/mol. The maximum absolute atomic E-state index is 12.3. The van der Waals surface area contributed by atoms with Crippen LogP contribution < -0.4 is 10.6 Å². The van der Waals surface area contributed by atoms with Gasteiger partial charge in [0.15, 0.2) is 11.0 Å². The average Bonchev–Trinajstić information content (AvgIpc) is 3.14. The molecule has 154 valence electrons. The number of halogens is 1. The van der Waals surface area contributed by atoms with Crippen LogP contribution in [0.2, 0.25) is 0 Å². The number of nitrogens with zero attached hydrogens (tertiary/aromatic N) is 3. The largest absolute Gasteiger partial charge is 0.345 e. The van der Waals surface area contributed by atoms with Crippen molar-refractivity contribution in [1.29, 1.82) is 0 Å². The summed E-state index contributed by atoms with van der Waals surface area (Å²) in [4.78, 5) is 24.5. The van der Waals surface area contributed by atoms with E-state index in [9.17, 15) is 9.59 Å². The van der Waals surface area contributed by atoms with Gasteiger partial charge in [0.05, 0.1) is 12.3 Å². The molecule has 0 aliphatic carbocycles. The lowest BCUT2D eigenvalue weighted by Crippen LogP contribution is -2.24. The second kappa shape index (κ2) is 10.7. The second-order valence-electron chi connectivity index (χ2n) is 6.19. The highest BCUT2D eigenvalue weighted by atomic mass is 79.9. The number of nitrogens with one attached hydrogen (secondary N) is 2. The van der Waals surface area contributed by atoms with Crippen LogP contribution in [0.15, 0.2) is 76.9 Å². The number of allylic oxidation sites excluding steroid dienone is 1. The highest BCUT2D eigenvalue weighted by molar-refractivity contribution is 9.10. The van der Waals surface area contributed by atoms with Gasteiger partial charge in [-0.05, 0) is 36.4 Å². The van der Waals surface area contributed by atoms with Crippen molar-refractivity contribution in [2.75, 3.05) is 11.1 Å². The van der Waals surface area contributed by atoms with E-state index in [-0.39, 0.29) is 24.1 Å². The van der Waals surface area contributed by atoms with E-state index in [1.54, 1.807) is 18.2 Å². The Morgan fingerprint density at radius 3 is 2.53 bits per heavy atom. The molecule has 1 aromatic heterocycles. The predicted octanol–water partition coefficient (Wildman–Crippen LogP) is 3.89. The number of thioether (sulfide) groups is 1. The summed E-state index contributed by atoms with van der Waals surface area (Å²) in [7, 11) is 0. The molecule has 0 bridgehead atoms. The van der Waals surface area contributed by atoms with Crippen molar-refractivity contribution in [1.82, 2.24) is 20.1 Å². The molecule has 3 rings (SSSR count). The van der Waals surface area contributed by atoms with Crippen LogP contribution in [0, 0.1) is 0 Å². The Balaban J connectivity index is 1.59. The van der Waals surface area contributed by atoms with E-state index in [0.717, 1.165) is 10.2 Å². The minimum Gasteiger partial charge on any atom is -0.345 e. The lowest BCUT2D eigenvalue weighted by Gasteiger charge is -2.09. The first-order valence-electron chi connectivity index (χ1n) is 9.11. The molecule has 7 nitrogen and oxygen atoms in total. The van der Waals surface area contributed by atoms with E-state index in [2.05, 4.69) is 43.3 Å². The monoisotopic (exact) mass is 485 g/mol. The summed E-state index contributed by atoms with van der Waals surface area (Å²) in [6.45, 7) is 4.46. The van der Waals surface area contributed by atoms with Crippen molar-refractivity contribution < 1.29 is 9.59 Å². The molecule has 9 heteroatoms. The zero-order valence-electron chi connectivity index (χ0n) is 16.0. The highest BCUT2D eigenvalue weighted by Gasteiger charge is 2.15. The van der Waals surface area contributed by atoms with Crippen molar-refractivity contribution in [2.24, 2.45) is 0 Å². The minimum atomic E-state index is -0.188. The van der Waals surface area contributed by atoms with Crippen molar-refractivity contribution in [3.8, 4) is 0 Å². The van der Waals surface area contributed by atoms with Crippen LogP contribution >= 0.6 is 27.7 Å². The van der Waals surface area contributed by atoms with E-state index in [4.69, 9.17) is 0 Å². The number of carbonyl (C=O) groups is 2. The topological polar surface area (TPSA) is 88.9 Å². The molecule has 2 amide bonds. The van der Waals surface area contributed by atoms with E-state index < -0.39 is 0 Å². The minimum absolute atomic E-state index is 0.144. The fourth-order valence-corrected chi connectivity index (χ4v) is 3.61. The fourth-order valence-electron chi connectivity index (χ4n) is 2.58. The quantitative estimate of drug-likeness (QED) is 0.354. The van der Waals surface area contributed by atoms with E-state index in [0.29, 0.717) is 23.1 Å². The zero-order chi connectivity index (χ0) is 21.3. The van der Waals surface area contributed by atoms with Crippen LogP contribution in [0.5, 0.6) is 0 Å². The molecule has 0 aliphatic heterocycles. The molecule has 0 radical (unpaired) electrons. The first-order valence-corrected chi connectivity index (χ1v) is 10.9. The summed E-state index contributed by atoms with van der Waals surface area (Å²) >= 11 is 4.64. The van der Waals surface area contributed by atoms with Gasteiger partial charge >= 0.3 is 0 Å². The van der Waals surface area contributed by atoms with Gasteiger partial charge < -0.3 is 15.2 Å². The first kappa shape index (κ1) is 21.8. The van der Waals surface area contributed by atoms with Crippen molar-refractivity contribution in [2.45, 2.75) is 18.2 Å². The molecular formula is C21H20BrN5O2S. The summed E-state index contributed by atoms with van der Waals surface area (Å²) in [5.74, 6) is 0.443. The Morgan fingerprint density at radius 2 is 1.83 bits per heavy atom. The molecule has 0 saturated heterocycles. The Bertz CT molecular complexity index is 1020. The van der Waals surface area contributed by atoms with Crippen LogP contribution in [-0.4, -0.2) is 32.3 Å². The molecule has 3 aromatic rings. The number of rotatable bonds is 9. The van der Waals surface area contributed by atoms with Gasteiger partial charge in [-0.1, -0.05) is 52.0 Å². The number of hydrogen-bond donors (Lipinski definition) is 2. The van der Waals surface area contributed by atoms with Gasteiger partial charge in [0.25, 0.3) is 5.91 Å². The molecule has 0 unspecified atom stereocenters. The van der Waals surface area contributed by atoms with Crippen LogP contribution in [0.1, 0.15) is 16.2 Å². The lowest BCUT2D eigenvalue weighted by atomic mass is 10.2. The molecule has 0 fully saturated rings. The smallest absolute Gasteiger partial charge is 0.251 e. The van der Waals surface area contributed by atoms with Gasteiger partial charge in [0.2, 0.25) is 5.91 Å². The third-order valence-electron chi connectivity index (χ3n) is 4.01. The van der Waals surface area contributed by atoms with Crippen LogP contribution in [0.4, 0.5) is 5.69 Å². The van der Waals surface area contributed by atoms with Crippen molar-refractivity contribution in [3.63, 3.8) is 0 Å². The number of benzene rings is 2. The van der Waals surface area contributed by atoms with E-state index in [1.807, 2.05) is 47.0 Å². The van der Waals surface area contributed by atoms with Gasteiger partial charge in [-0.2, -0.15) is 0 Å². The number of carbonyl (C=O) groups excluding carboxylic acids is 2. The Labute approximate surface area is 187 Å². The van der Waals surface area contributed by atoms with Crippen LogP contribution in [-0.2, 0) is 17.9 Å². The Hall–Kier alpha value is -2.91.